The summed E-state index contributed by atoms with van der Waals surface area (Å²) in [6, 6.07) is 80.2. The first-order chi connectivity index (χ1) is 42.0. The maximum absolute atomic E-state index is 2.58. The minimum atomic E-state index is 1.26. The predicted molar refractivity (Wildman–Crippen MR) is 369 cm³/mol. The molecule has 0 nitrogen and oxygen atoms in total. The van der Waals surface area contributed by atoms with E-state index in [0.717, 1.165) is 0 Å². The second-order valence-corrected chi connectivity index (χ2v) is 25.6. The molecule has 0 aromatic heterocycles. The maximum Gasteiger partial charge on any atom is -0.000740 e. The Bertz CT molecular complexity index is 5010. The first-order valence-corrected chi connectivity index (χ1v) is 30.7. The van der Waals surface area contributed by atoms with Crippen LogP contribution in [0.1, 0.15) is 44.5 Å². The number of benzene rings is 15. The second-order valence-electron chi connectivity index (χ2n) is 25.6. The van der Waals surface area contributed by atoms with Crippen molar-refractivity contribution in [3.05, 3.63) is 251 Å². The highest BCUT2D eigenvalue weighted by Crippen LogP contribution is 2.65. The average Bonchev–Trinajstić information content (AvgIpc) is 1.53. The fourth-order valence-electron chi connectivity index (χ4n) is 17.2. The van der Waals surface area contributed by atoms with Gasteiger partial charge in [-0.05, 0) is 288 Å². The topological polar surface area (TPSA) is 0 Å². The molecule has 15 aromatic rings. The van der Waals surface area contributed by atoms with E-state index in [4.69, 9.17) is 0 Å². The molecule has 0 spiro atoms. The molecule has 0 saturated heterocycles. The molecule has 0 heterocycles. The molecule has 0 saturated carbocycles. The van der Waals surface area contributed by atoms with Crippen LogP contribution in [0, 0.1) is 55.4 Å². The first kappa shape index (κ1) is 48.3. The zero-order valence-corrected chi connectivity index (χ0v) is 49.6. The quantitative estimate of drug-likeness (QED) is 0.154. The molecule has 4 aliphatic rings. The van der Waals surface area contributed by atoms with Gasteiger partial charge in [0.1, 0.15) is 0 Å². The second kappa shape index (κ2) is 16.8. The molecular weight excluding hydrogens is 1030 g/mol. The summed E-state index contributed by atoms with van der Waals surface area (Å²) in [5.74, 6) is 0. The average molecular weight is 1090 g/mol. The largest absolute Gasteiger partial charge is 0.0616 e. The lowest BCUT2D eigenvalue weighted by Gasteiger charge is -2.21. The third-order valence-corrected chi connectivity index (χ3v) is 21.0. The standard InChI is InChI=1S/C86H58/c1-43-17-25-51(26-18-43)75-55-13-9-10-14-56(55)76(52-27-19-44(2)20-28-52)84-64-38-34-60-72-48(6)68-42-70-50(8)74-62-36-40-66-82-65(85-77(53-29-21-45(3)22-30-53)57-15-11-12-16-58(57)78(86(66)85)54-31-23-46(4)24-32-54)39-35-61(80(62)82)73(74)49(7)69(70)41-67(68)47(5)71(72)59-33-37-63(83(75)84)81(64)79(59)60/h9-42H,1-8H3. The molecule has 15 aromatic carbocycles. The van der Waals surface area contributed by atoms with E-state index in [2.05, 4.69) is 262 Å². The van der Waals surface area contributed by atoms with Crippen molar-refractivity contribution in [2.75, 3.05) is 0 Å². The summed E-state index contributed by atoms with van der Waals surface area (Å²) in [6.45, 7) is 18.4. The molecular formula is C86H58. The number of rotatable bonds is 4. The van der Waals surface area contributed by atoms with E-state index >= 15 is 0 Å². The highest BCUT2D eigenvalue weighted by Gasteiger charge is 2.39. The van der Waals surface area contributed by atoms with Crippen molar-refractivity contribution in [1.29, 1.82) is 0 Å². The van der Waals surface area contributed by atoms with Crippen LogP contribution in [0.3, 0.4) is 0 Å². The highest BCUT2D eigenvalue weighted by molar-refractivity contribution is 6.36. The smallest absolute Gasteiger partial charge is 0.000740 e. The lowest BCUT2D eigenvalue weighted by Crippen LogP contribution is -1.96. The molecule has 0 bridgehead atoms. The molecule has 0 aliphatic heterocycles. The predicted octanol–water partition coefficient (Wildman–Crippen LogP) is 24.3. The number of hydrogen-bond acceptors (Lipinski definition) is 0. The Morgan fingerprint density at radius 2 is 0.349 bits per heavy atom. The van der Waals surface area contributed by atoms with Gasteiger partial charge in [0, 0.05) is 0 Å². The van der Waals surface area contributed by atoms with Crippen molar-refractivity contribution in [3.8, 4) is 134 Å². The van der Waals surface area contributed by atoms with Gasteiger partial charge in [0.2, 0.25) is 0 Å². The fourth-order valence-corrected chi connectivity index (χ4v) is 17.2. The molecule has 4 aliphatic carbocycles. The van der Waals surface area contributed by atoms with E-state index in [1.807, 2.05) is 0 Å². The van der Waals surface area contributed by atoms with Crippen molar-refractivity contribution in [1.82, 2.24) is 0 Å². The molecule has 0 amide bonds. The lowest BCUT2D eigenvalue weighted by atomic mass is 9.82. The van der Waals surface area contributed by atoms with Crippen LogP contribution in [0.2, 0.25) is 0 Å². The van der Waals surface area contributed by atoms with E-state index in [1.165, 1.54) is 243 Å². The molecule has 0 unspecified atom stereocenters. The van der Waals surface area contributed by atoms with Crippen LogP contribution in [-0.4, -0.2) is 0 Å². The molecule has 0 N–H and O–H groups in total. The summed E-state index contributed by atoms with van der Waals surface area (Å²) in [5, 5.41) is 16.1. The SMILES string of the molecule is Cc1ccc(-c2c3c(c(-c4ccc(C)cc4)c4ccccc24)-c2ccc4c5c(ccc-3c25)-c2c-4c(C)c3cc4c(C)c5c(c(C)c4cc3c2C)-c2ccc3c4c(ccc-5c24)-c2c-3c(-c3ccc(C)cc3)c3ccccc3c2-c2ccc(C)cc2)cc1. The van der Waals surface area contributed by atoms with Crippen LogP contribution in [0.25, 0.3) is 198 Å². The third-order valence-electron chi connectivity index (χ3n) is 21.0. The third kappa shape index (κ3) is 5.99. The van der Waals surface area contributed by atoms with Crippen LogP contribution in [0.4, 0.5) is 0 Å². The number of aryl methyl sites for hydroxylation is 8. The molecule has 86 heavy (non-hydrogen) atoms. The minimum Gasteiger partial charge on any atom is -0.0616 e. The van der Waals surface area contributed by atoms with E-state index in [0.29, 0.717) is 0 Å². The Hall–Kier alpha value is -10.1. The first-order valence-electron chi connectivity index (χ1n) is 30.7. The van der Waals surface area contributed by atoms with Crippen molar-refractivity contribution in [3.63, 3.8) is 0 Å². The van der Waals surface area contributed by atoms with Gasteiger partial charge in [-0.3, -0.25) is 0 Å². The molecule has 0 atom stereocenters. The Morgan fingerprint density at radius 1 is 0.163 bits per heavy atom. The molecule has 0 radical (unpaired) electrons. The molecule has 0 fully saturated rings. The van der Waals surface area contributed by atoms with Gasteiger partial charge in [-0.15, -0.1) is 0 Å². The zero-order valence-electron chi connectivity index (χ0n) is 49.6. The lowest BCUT2D eigenvalue weighted by molar-refractivity contribution is 1.45. The van der Waals surface area contributed by atoms with Gasteiger partial charge >= 0.3 is 0 Å². The normalized spacial score (nSPS) is 12.7. The number of fused-ring (bicyclic) bond motifs is 16. The van der Waals surface area contributed by atoms with Crippen LogP contribution in [0.15, 0.2) is 206 Å². The Kier molecular flexibility index (Phi) is 9.43. The van der Waals surface area contributed by atoms with Gasteiger partial charge in [-0.1, -0.05) is 216 Å². The van der Waals surface area contributed by atoms with Gasteiger partial charge < -0.3 is 0 Å². The van der Waals surface area contributed by atoms with Crippen LogP contribution < -0.4 is 0 Å². The summed E-state index contributed by atoms with van der Waals surface area (Å²) < 4.78 is 0. The summed E-state index contributed by atoms with van der Waals surface area (Å²) in [5.41, 5.74) is 42.6. The van der Waals surface area contributed by atoms with Gasteiger partial charge in [0.25, 0.3) is 0 Å². The van der Waals surface area contributed by atoms with Gasteiger partial charge in [-0.25, -0.2) is 0 Å². The monoisotopic (exact) mass is 1090 g/mol. The van der Waals surface area contributed by atoms with Crippen LogP contribution in [-0.2, 0) is 0 Å². The summed E-state index contributed by atoms with van der Waals surface area (Å²) in [4.78, 5) is 0. The summed E-state index contributed by atoms with van der Waals surface area (Å²) in [6.07, 6.45) is 0. The van der Waals surface area contributed by atoms with E-state index in [1.54, 1.807) is 0 Å². The van der Waals surface area contributed by atoms with Gasteiger partial charge in [-0.2, -0.15) is 0 Å². The van der Waals surface area contributed by atoms with Crippen molar-refractivity contribution in [2.45, 2.75) is 55.4 Å². The van der Waals surface area contributed by atoms with Gasteiger partial charge in [0.05, 0.1) is 0 Å². The summed E-state index contributed by atoms with van der Waals surface area (Å²) in [7, 11) is 0. The fraction of sp³-hybridized carbons (Fsp3) is 0.0930. The minimum absolute atomic E-state index is 1.26. The molecule has 19 rings (SSSR count). The Balaban J connectivity index is 0.830. The van der Waals surface area contributed by atoms with Crippen molar-refractivity contribution in [2.24, 2.45) is 0 Å². The van der Waals surface area contributed by atoms with Crippen molar-refractivity contribution >= 4 is 64.6 Å². The van der Waals surface area contributed by atoms with E-state index in [-0.39, 0.29) is 0 Å². The maximum atomic E-state index is 2.58. The molecule has 0 heteroatoms. The van der Waals surface area contributed by atoms with Gasteiger partial charge in [0.15, 0.2) is 0 Å². The van der Waals surface area contributed by atoms with E-state index < -0.39 is 0 Å². The number of hydrogen-bond donors (Lipinski definition) is 0. The Labute approximate surface area is 501 Å². The van der Waals surface area contributed by atoms with Crippen molar-refractivity contribution < 1.29 is 0 Å². The van der Waals surface area contributed by atoms with Crippen LogP contribution in [0.5, 0.6) is 0 Å². The van der Waals surface area contributed by atoms with Crippen LogP contribution >= 0.6 is 0 Å². The Morgan fingerprint density at radius 3 is 0.547 bits per heavy atom. The van der Waals surface area contributed by atoms with E-state index in [9.17, 15) is 0 Å². The summed E-state index contributed by atoms with van der Waals surface area (Å²) >= 11 is 0. The zero-order chi connectivity index (χ0) is 57.4. The highest BCUT2D eigenvalue weighted by atomic mass is 14.4. The molecule has 402 valence electrons.